The first kappa shape index (κ1) is 18.9. The van der Waals surface area contributed by atoms with E-state index in [-0.39, 0.29) is 11.5 Å². The van der Waals surface area contributed by atoms with Gasteiger partial charge in [0.25, 0.3) is 11.8 Å². The Kier molecular flexibility index (Phi) is 4.59. The van der Waals surface area contributed by atoms with Crippen LogP contribution < -0.4 is 4.90 Å². The number of fused-ring (bicyclic) bond motifs is 2. The molecule has 2 aliphatic rings. The summed E-state index contributed by atoms with van der Waals surface area (Å²) in [6.07, 6.45) is 0. The second kappa shape index (κ2) is 7.29. The number of thioether (sulfide) groups is 1. The highest BCUT2D eigenvalue weighted by Crippen LogP contribution is 2.54. The molecule has 3 aromatic carbocycles. The molecular formula is C24H19FN2O2S. The molecule has 0 aromatic heterocycles. The number of halogens is 1. The van der Waals surface area contributed by atoms with Crippen molar-refractivity contribution in [1.29, 1.82) is 0 Å². The van der Waals surface area contributed by atoms with Crippen molar-refractivity contribution in [2.24, 2.45) is 0 Å². The molecule has 150 valence electrons. The topological polar surface area (TPSA) is 40.6 Å². The molecule has 1 fully saturated rings. The highest BCUT2D eigenvalue weighted by molar-refractivity contribution is 8.01. The summed E-state index contributed by atoms with van der Waals surface area (Å²) in [5.74, 6) is -0.573. The van der Waals surface area contributed by atoms with Gasteiger partial charge in [-0.2, -0.15) is 0 Å². The molecule has 0 radical (unpaired) electrons. The number of anilines is 1. The smallest absolute Gasteiger partial charge is 0.268 e. The first-order chi connectivity index (χ1) is 14.6. The lowest BCUT2D eigenvalue weighted by atomic mass is 10.0. The Morgan fingerprint density at radius 3 is 2.47 bits per heavy atom. The zero-order valence-corrected chi connectivity index (χ0v) is 16.9. The van der Waals surface area contributed by atoms with Gasteiger partial charge in [-0.05, 0) is 23.8 Å². The van der Waals surface area contributed by atoms with Gasteiger partial charge in [-0.1, -0.05) is 60.7 Å². The molecule has 3 aromatic rings. The van der Waals surface area contributed by atoms with Crippen molar-refractivity contribution in [2.75, 3.05) is 17.2 Å². The van der Waals surface area contributed by atoms with Crippen LogP contribution in [0, 0.1) is 5.82 Å². The first-order valence-corrected chi connectivity index (χ1v) is 10.8. The van der Waals surface area contributed by atoms with Gasteiger partial charge in [0.15, 0.2) is 4.87 Å². The summed E-state index contributed by atoms with van der Waals surface area (Å²) in [7, 11) is 0. The van der Waals surface area contributed by atoms with E-state index in [1.807, 2.05) is 54.6 Å². The molecule has 4 nitrogen and oxygen atoms in total. The largest absolute Gasteiger partial charge is 0.311 e. The van der Waals surface area contributed by atoms with Gasteiger partial charge in [-0.15, -0.1) is 11.8 Å². The minimum absolute atomic E-state index is 0.00818. The van der Waals surface area contributed by atoms with E-state index in [1.165, 1.54) is 23.9 Å². The first-order valence-electron chi connectivity index (χ1n) is 9.79. The molecule has 0 bridgehead atoms. The predicted molar refractivity (Wildman–Crippen MR) is 116 cm³/mol. The Labute approximate surface area is 178 Å². The van der Waals surface area contributed by atoms with Gasteiger partial charge in [0.1, 0.15) is 5.82 Å². The fourth-order valence-corrected chi connectivity index (χ4v) is 5.73. The van der Waals surface area contributed by atoms with Crippen LogP contribution in [0.1, 0.15) is 21.5 Å². The van der Waals surface area contributed by atoms with Gasteiger partial charge in [-0.25, -0.2) is 4.39 Å². The normalized spacial score (nSPS) is 20.1. The molecule has 2 aliphatic heterocycles. The van der Waals surface area contributed by atoms with Crippen molar-refractivity contribution in [3.63, 3.8) is 0 Å². The lowest BCUT2D eigenvalue weighted by molar-refractivity contribution is -0.123. The molecule has 0 N–H and O–H groups in total. The highest BCUT2D eigenvalue weighted by atomic mass is 32.2. The highest BCUT2D eigenvalue weighted by Gasteiger charge is 2.59. The summed E-state index contributed by atoms with van der Waals surface area (Å²) in [6, 6.07) is 23.3. The van der Waals surface area contributed by atoms with Gasteiger partial charge in [0.2, 0.25) is 0 Å². The van der Waals surface area contributed by atoms with Gasteiger partial charge >= 0.3 is 0 Å². The number of hydrogen-bond donors (Lipinski definition) is 0. The minimum atomic E-state index is -1.16. The summed E-state index contributed by atoms with van der Waals surface area (Å²) in [5, 5.41) is 0. The van der Waals surface area contributed by atoms with Crippen molar-refractivity contribution in [3.05, 3.63) is 101 Å². The van der Waals surface area contributed by atoms with E-state index in [0.717, 1.165) is 16.8 Å². The van der Waals surface area contributed by atoms with E-state index in [0.29, 0.717) is 18.8 Å². The molecule has 1 atom stereocenters. The zero-order valence-electron chi connectivity index (χ0n) is 16.1. The number of carbonyl (C=O) groups is 2. The molecule has 30 heavy (non-hydrogen) atoms. The van der Waals surface area contributed by atoms with E-state index in [9.17, 15) is 14.0 Å². The lowest BCUT2D eigenvalue weighted by Gasteiger charge is -2.33. The van der Waals surface area contributed by atoms with Crippen LogP contribution in [0.3, 0.4) is 0 Å². The van der Waals surface area contributed by atoms with Gasteiger partial charge in [-0.3, -0.25) is 9.59 Å². The Bertz CT molecular complexity index is 1140. The van der Waals surface area contributed by atoms with Crippen LogP contribution in [-0.2, 0) is 16.2 Å². The van der Waals surface area contributed by atoms with Gasteiger partial charge < -0.3 is 9.80 Å². The van der Waals surface area contributed by atoms with Crippen LogP contribution in [0.5, 0.6) is 0 Å². The fourth-order valence-electron chi connectivity index (χ4n) is 4.27. The lowest BCUT2D eigenvalue weighted by Crippen LogP contribution is -2.50. The standard InChI is InChI=1S/C24H19FN2O2S/c25-20-12-6-4-10-18(20)22(28)27-14-15-30-24(27)19-11-5-7-13-21(19)26(23(24)29)16-17-8-2-1-3-9-17/h1-13H,14-16H2/t24-/m0/s1. The maximum absolute atomic E-state index is 14.4. The second-order valence-electron chi connectivity index (χ2n) is 7.32. The van der Waals surface area contributed by atoms with E-state index < -0.39 is 16.6 Å². The molecule has 6 heteroatoms. The molecule has 0 unspecified atom stereocenters. The quantitative estimate of drug-likeness (QED) is 0.633. The summed E-state index contributed by atoms with van der Waals surface area (Å²) in [5.41, 5.74) is 2.59. The third kappa shape index (κ3) is 2.75. The van der Waals surface area contributed by atoms with Crippen LogP contribution in [0.15, 0.2) is 78.9 Å². The zero-order chi connectivity index (χ0) is 20.7. The molecule has 5 rings (SSSR count). The van der Waals surface area contributed by atoms with Crippen molar-refractivity contribution >= 4 is 29.3 Å². The van der Waals surface area contributed by atoms with Crippen molar-refractivity contribution in [1.82, 2.24) is 4.90 Å². The molecule has 1 saturated heterocycles. The van der Waals surface area contributed by atoms with Crippen molar-refractivity contribution in [2.45, 2.75) is 11.4 Å². The average molecular weight is 418 g/mol. The van der Waals surface area contributed by atoms with Crippen molar-refractivity contribution < 1.29 is 14.0 Å². The number of rotatable bonds is 3. The Balaban J connectivity index is 1.59. The van der Waals surface area contributed by atoms with Gasteiger partial charge in [0, 0.05) is 17.9 Å². The molecule has 2 heterocycles. The third-order valence-corrected chi connectivity index (χ3v) is 7.05. The Morgan fingerprint density at radius 2 is 1.67 bits per heavy atom. The molecule has 1 spiro atoms. The number of hydrogen-bond acceptors (Lipinski definition) is 3. The second-order valence-corrected chi connectivity index (χ2v) is 8.61. The number of nitrogens with zero attached hydrogens (tertiary/aromatic N) is 2. The Hall–Kier alpha value is -3.12. The van der Waals surface area contributed by atoms with Crippen LogP contribution in [-0.4, -0.2) is 29.0 Å². The van der Waals surface area contributed by atoms with E-state index in [1.54, 1.807) is 21.9 Å². The van der Waals surface area contributed by atoms with Crippen LogP contribution >= 0.6 is 11.8 Å². The SMILES string of the molecule is O=C(c1ccccc1F)N1CCS[C@@]12C(=O)N(Cc1ccccc1)c1ccccc12. The average Bonchev–Trinajstić information content (AvgIpc) is 3.32. The molecular weight excluding hydrogens is 399 g/mol. The van der Waals surface area contributed by atoms with Crippen LogP contribution in [0.25, 0.3) is 0 Å². The Morgan fingerprint density at radius 1 is 0.967 bits per heavy atom. The van der Waals surface area contributed by atoms with Crippen LogP contribution in [0.4, 0.5) is 10.1 Å². The third-order valence-electron chi connectivity index (χ3n) is 5.63. The number of carbonyl (C=O) groups excluding carboxylic acids is 2. The monoisotopic (exact) mass is 418 g/mol. The van der Waals surface area contributed by atoms with Crippen molar-refractivity contribution in [3.8, 4) is 0 Å². The summed E-state index contributed by atoms with van der Waals surface area (Å²) in [6.45, 7) is 0.803. The number of amides is 2. The minimum Gasteiger partial charge on any atom is -0.311 e. The number of benzene rings is 3. The summed E-state index contributed by atoms with van der Waals surface area (Å²) < 4.78 is 14.4. The van der Waals surface area contributed by atoms with Crippen LogP contribution in [0.2, 0.25) is 0 Å². The fraction of sp³-hybridized carbons (Fsp3) is 0.167. The molecule has 0 aliphatic carbocycles. The van der Waals surface area contributed by atoms with E-state index >= 15 is 0 Å². The van der Waals surface area contributed by atoms with E-state index in [4.69, 9.17) is 0 Å². The summed E-state index contributed by atoms with van der Waals surface area (Å²) >= 11 is 1.45. The van der Waals surface area contributed by atoms with Gasteiger partial charge in [0.05, 0.1) is 17.8 Å². The van der Waals surface area contributed by atoms with E-state index in [2.05, 4.69) is 0 Å². The maximum atomic E-state index is 14.4. The molecule has 2 amide bonds. The predicted octanol–water partition coefficient (Wildman–Crippen LogP) is 4.41. The summed E-state index contributed by atoms with van der Waals surface area (Å²) in [4.78, 5) is 29.3. The number of para-hydroxylation sites is 1. The molecule has 0 saturated carbocycles. The maximum Gasteiger partial charge on any atom is 0.268 e.